The van der Waals surface area contributed by atoms with Gasteiger partial charge in [-0.15, -0.1) is 0 Å². The third kappa shape index (κ3) is 9.74. The lowest BCUT2D eigenvalue weighted by Crippen LogP contribution is -2.38. The fourth-order valence-corrected chi connectivity index (χ4v) is 4.43. The molecule has 1 atom stereocenters. The molecular formula is C27H46N2. The third-order valence-corrected chi connectivity index (χ3v) is 6.26. The first-order valence-electron chi connectivity index (χ1n) is 12.6. The van der Waals surface area contributed by atoms with Gasteiger partial charge in [-0.25, -0.2) is 0 Å². The second-order valence-electron chi connectivity index (χ2n) is 8.85. The molecule has 0 saturated carbocycles. The van der Waals surface area contributed by atoms with Gasteiger partial charge in [0.05, 0.1) is 0 Å². The topological polar surface area (TPSA) is 6.48 Å². The van der Waals surface area contributed by atoms with Crippen molar-refractivity contribution in [3.8, 4) is 0 Å². The summed E-state index contributed by atoms with van der Waals surface area (Å²) < 4.78 is 0. The quantitative estimate of drug-likeness (QED) is 0.244. The van der Waals surface area contributed by atoms with Crippen molar-refractivity contribution >= 4 is 0 Å². The summed E-state index contributed by atoms with van der Waals surface area (Å²) in [7, 11) is 0. The van der Waals surface area contributed by atoms with Crippen LogP contribution in [0.2, 0.25) is 0 Å². The Hall–Kier alpha value is -1.44. The molecule has 0 radical (unpaired) electrons. The van der Waals surface area contributed by atoms with Crippen LogP contribution in [-0.2, 0) is 6.54 Å². The molecule has 0 saturated heterocycles. The van der Waals surface area contributed by atoms with E-state index in [1.165, 1.54) is 102 Å². The average Bonchev–Trinajstić information content (AvgIpc) is 3.12. The van der Waals surface area contributed by atoms with Crippen LogP contribution >= 0.6 is 0 Å². The van der Waals surface area contributed by atoms with Crippen LogP contribution < -0.4 is 0 Å². The van der Waals surface area contributed by atoms with Gasteiger partial charge in [0.25, 0.3) is 0 Å². The van der Waals surface area contributed by atoms with Crippen molar-refractivity contribution in [3.63, 3.8) is 0 Å². The third-order valence-electron chi connectivity index (χ3n) is 6.26. The van der Waals surface area contributed by atoms with Crippen LogP contribution in [0.4, 0.5) is 0 Å². The number of hydrogen-bond acceptors (Lipinski definition) is 2. The summed E-state index contributed by atoms with van der Waals surface area (Å²) in [4.78, 5) is 5.18. The zero-order valence-electron chi connectivity index (χ0n) is 19.3. The molecule has 0 aromatic heterocycles. The Morgan fingerprint density at radius 3 is 1.83 bits per heavy atom. The molecule has 0 spiro atoms. The normalized spacial score (nSPS) is 16.1. The van der Waals surface area contributed by atoms with Gasteiger partial charge in [-0.2, -0.15) is 0 Å². The van der Waals surface area contributed by atoms with Crippen molar-refractivity contribution in [1.82, 2.24) is 9.80 Å². The molecule has 0 fully saturated rings. The standard InChI is InChI=1S/C27H46N2/c1-3-5-7-9-10-11-12-13-17-21-27-28(22-18-8-6-4-2)23-24-29(27)25-26-19-15-14-16-20-26/h14-16,19-20,23-24,27H,3-13,17-18,21-22,25H2,1-2H3. The lowest BCUT2D eigenvalue weighted by Gasteiger charge is -2.33. The molecule has 0 bridgehead atoms. The van der Waals surface area contributed by atoms with E-state index in [2.05, 4.69) is 66.4 Å². The highest BCUT2D eigenvalue weighted by atomic mass is 15.4. The van der Waals surface area contributed by atoms with Crippen LogP contribution in [0.25, 0.3) is 0 Å². The molecular weight excluding hydrogens is 352 g/mol. The minimum Gasteiger partial charge on any atom is -0.356 e. The summed E-state index contributed by atoms with van der Waals surface area (Å²) in [5.74, 6) is 0. The van der Waals surface area contributed by atoms with Crippen LogP contribution in [-0.4, -0.2) is 22.5 Å². The van der Waals surface area contributed by atoms with Crippen molar-refractivity contribution in [2.75, 3.05) is 6.54 Å². The zero-order valence-corrected chi connectivity index (χ0v) is 19.3. The average molecular weight is 399 g/mol. The van der Waals surface area contributed by atoms with E-state index in [0.717, 1.165) is 6.54 Å². The highest BCUT2D eigenvalue weighted by molar-refractivity contribution is 5.15. The number of rotatable bonds is 17. The summed E-state index contributed by atoms with van der Waals surface area (Å²) >= 11 is 0. The molecule has 2 rings (SSSR count). The van der Waals surface area contributed by atoms with Gasteiger partial charge in [0, 0.05) is 25.5 Å². The Balaban J connectivity index is 1.73. The maximum Gasteiger partial charge on any atom is 0.101 e. The molecule has 0 aliphatic carbocycles. The molecule has 2 heteroatoms. The van der Waals surface area contributed by atoms with Crippen LogP contribution in [0.15, 0.2) is 42.7 Å². The van der Waals surface area contributed by atoms with E-state index in [0.29, 0.717) is 6.17 Å². The fourth-order valence-electron chi connectivity index (χ4n) is 4.43. The van der Waals surface area contributed by atoms with Gasteiger partial charge in [-0.05, 0) is 24.8 Å². The Kier molecular flexibility index (Phi) is 12.7. The summed E-state index contributed by atoms with van der Waals surface area (Å²) in [5.41, 5.74) is 1.42. The molecule has 29 heavy (non-hydrogen) atoms. The zero-order chi connectivity index (χ0) is 20.6. The van der Waals surface area contributed by atoms with E-state index in [4.69, 9.17) is 0 Å². The van der Waals surface area contributed by atoms with E-state index >= 15 is 0 Å². The van der Waals surface area contributed by atoms with Crippen molar-refractivity contribution in [3.05, 3.63) is 48.3 Å². The van der Waals surface area contributed by atoms with Gasteiger partial charge >= 0.3 is 0 Å². The molecule has 2 nitrogen and oxygen atoms in total. The van der Waals surface area contributed by atoms with Gasteiger partial charge in [0.1, 0.15) is 6.17 Å². The second-order valence-corrected chi connectivity index (χ2v) is 8.85. The minimum atomic E-state index is 0.557. The molecule has 1 unspecified atom stereocenters. The van der Waals surface area contributed by atoms with E-state index in [1.807, 2.05) is 0 Å². The molecule has 0 amide bonds. The van der Waals surface area contributed by atoms with Gasteiger partial charge in [-0.1, -0.05) is 115 Å². The van der Waals surface area contributed by atoms with Gasteiger partial charge < -0.3 is 9.80 Å². The first kappa shape index (κ1) is 23.8. The number of benzene rings is 1. The van der Waals surface area contributed by atoms with Crippen molar-refractivity contribution in [1.29, 1.82) is 0 Å². The van der Waals surface area contributed by atoms with Crippen molar-refractivity contribution in [2.45, 2.75) is 116 Å². The van der Waals surface area contributed by atoms with Crippen LogP contribution in [0.1, 0.15) is 109 Å². The SMILES string of the molecule is CCCCCCCCCCCC1N(CCCCCC)C=CN1Cc1ccccc1. The monoisotopic (exact) mass is 398 g/mol. The van der Waals surface area contributed by atoms with E-state index in [-0.39, 0.29) is 0 Å². The Morgan fingerprint density at radius 2 is 1.17 bits per heavy atom. The lowest BCUT2D eigenvalue weighted by molar-refractivity contribution is 0.132. The largest absolute Gasteiger partial charge is 0.356 e. The van der Waals surface area contributed by atoms with Crippen LogP contribution in [0.3, 0.4) is 0 Å². The van der Waals surface area contributed by atoms with Crippen LogP contribution in [0, 0.1) is 0 Å². The molecule has 0 N–H and O–H groups in total. The Bertz CT molecular complexity index is 525. The number of unbranched alkanes of at least 4 members (excludes halogenated alkanes) is 11. The van der Waals surface area contributed by atoms with E-state index in [1.54, 1.807) is 0 Å². The first-order chi connectivity index (χ1) is 14.3. The first-order valence-corrected chi connectivity index (χ1v) is 12.6. The molecule has 1 aliphatic rings. The summed E-state index contributed by atoms with van der Waals surface area (Å²) in [6, 6.07) is 10.9. The molecule has 164 valence electrons. The summed E-state index contributed by atoms with van der Waals surface area (Å²) in [6.07, 6.45) is 24.6. The van der Waals surface area contributed by atoms with Crippen molar-refractivity contribution < 1.29 is 0 Å². The number of nitrogens with zero attached hydrogens (tertiary/aromatic N) is 2. The van der Waals surface area contributed by atoms with Gasteiger partial charge in [-0.3, -0.25) is 0 Å². The van der Waals surface area contributed by atoms with Gasteiger partial charge in [0.2, 0.25) is 0 Å². The highest BCUT2D eigenvalue weighted by Crippen LogP contribution is 2.24. The fraction of sp³-hybridized carbons (Fsp3) is 0.704. The van der Waals surface area contributed by atoms with E-state index in [9.17, 15) is 0 Å². The molecule has 1 aromatic rings. The van der Waals surface area contributed by atoms with Crippen LogP contribution in [0.5, 0.6) is 0 Å². The Labute approximate surface area is 181 Å². The molecule has 1 aliphatic heterocycles. The minimum absolute atomic E-state index is 0.557. The lowest BCUT2D eigenvalue weighted by atomic mass is 10.1. The highest BCUT2D eigenvalue weighted by Gasteiger charge is 2.25. The second kappa shape index (κ2) is 15.4. The maximum atomic E-state index is 2.61. The molecule has 1 aromatic carbocycles. The summed E-state index contributed by atoms with van der Waals surface area (Å²) in [6.45, 7) is 6.84. The van der Waals surface area contributed by atoms with Gasteiger partial charge in [0.15, 0.2) is 0 Å². The Morgan fingerprint density at radius 1 is 0.621 bits per heavy atom. The predicted molar refractivity (Wildman–Crippen MR) is 128 cm³/mol. The predicted octanol–water partition coefficient (Wildman–Crippen LogP) is 8.10. The molecule has 1 heterocycles. The summed E-state index contributed by atoms with van der Waals surface area (Å²) in [5, 5.41) is 0. The van der Waals surface area contributed by atoms with E-state index < -0.39 is 0 Å². The smallest absolute Gasteiger partial charge is 0.101 e. The maximum absolute atomic E-state index is 2.61. The number of hydrogen-bond donors (Lipinski definition) is 0. The van der Waals surface area contributed by atoms with Crippen molar-refractivity contribution in [2.24, 2.45) is 0 Å².